The second-order valence-electron chi connectivity index (χ2n) is 5.79. The van der Waals surface area contributed by atoms with Crippen molar-refractivity contribution >= 4 is 17.5 Å². The van der Waals surface area contributed by atoms with Crippen LogP contribution in [0.4, 0.5) is 0 Å². The Bertz CT molecular complexity index is 452. The fourth-order valence-corrected chi connectivity index (χ4v) is 3.06. The molecule has 0 bridgehead atoms. The number of nitrogens with one attached hydrogen (secondary N) is 1. The Kier molecular flexibility index (Phi) is 5.06. The molecule has 0 aromatic heterocycles. The highest BCUT2D eigenvalue weighted by atomic mass is 35.5. The van der Waals surface area contributed by atoms with E-state index in [-0.39, 0.29) is 17.4 Å². The molecule has 1 aliphatic rings. The highest BCUT2D eigenvalue weighted by molar-refractivity contribution is 6.30. The van der Waals surface area contributed by atoms with Gasteiger partial charge in [0.25, 0.3) is 0 Å². The van der Waals surface area contributed by atoms with Gasteiger partial charge in [0.15, 0.2) is 0 Å². The third-order valence-electron chi connectivity index (χ3n) is 4.40. The molecule has 1 aromatic carbocycles. The van der Waals surface area contributed by atoms with Crippen molar-refractivity contribution < 1.29 is 4.79 Å². The van der Waals surface area contributed by atoms with Crippen molar-refractivity contribution in [2.45, 2.75) is 45.1 Å². The van der Waals surface area contributed by atoms with Crippen LogP contribution in [0, 0.1) is 5.41 Å². The molecule has 0 spiro atoms. The first kappa shape index (κ1) is 15.3. The van der Waals surface area contributed by atoms with Crippen LogP contribution < -0.4 is 11.1 Å². The average molecular weight is 295 g/mol. The van der Waals surface area contributed by atoms with Gasteiger partial charge in [0.1, 0.15) is 0 Å². The quantitative estimate of drug-likeness (QED) is 0.894. The van der Waals surface area contributed by atoms with E-state index in [1.54, 1.807) is 0 Å². The van der Waals surface area contributed by atoms with Crippen molar-refractivity contribution in [3.05, 3.63) is 34.9 Å². The second kappa shape index (κ2) is 6.59. The highest BCUT2D eigenvalue weighted by Crippen LogP contribution is 2.36. The van der Waals surface area contributed by atoms with Crippen molar-refractivity contribution in [3.8, 4) is 0 Å². The van der Waals surface area contributed by atoms with Gasteiger partial charge < -0.3 is 11.1 Å². The van der Waals surface area contributed by atoms with Gasteiger partial charge in [0.2, 0.25) is 5.91 Å². The minimum atomic E-state index is -0.362. The fraction of sp³-hybridized carbons (Fsp3) is 0.562. The number of hydrogen-bond donors (Lipinski definition) is 2. The minimum absolute atomic E-state index is 0.0230. The minimum Gasteiger partial charge on any atom is -0.349 e. The summed E-state index contributed by atoms with van der Waals surface area (Å²) < 4.78 is 0. The van der Waals surface area contributed by atoms with Gasteiger partial charge in [0.05, 0.1) is 11.5 Å². The van der Waals surface area contributed by atoms with E-state index in [1.165, 1.54) is 6.42 Å². The van der Waals surface area contributed by atoms with E-state index < -0.39 is 0 Å². The van der Waals surface area contributed by atoms with Gasteiger partial charge in [-0.3, -0.25) is 4.79 Å². The Balaban J connectivity index is 2.04. The van der Waals surface area contributed by atoms with E-state index in [1.807, 2.05) is 31.2 Å². The molecule has 3 nitrogen and oxygen atoms in total. The molecule has 0 heterocycles. The molecule has 1 fully saturated rings. The molecule has 3 N–H and O–H groups in total. The van der Waals surface area contributed by atoms with Crippen molar-refractivity contribution in [1.82, 2.24) is 5.32 Å². The predicted molar refractivity (Wildman–Crippen MR) is 82.6 cm³/mol. The number of nitrogens with two attached hydrogens (primary N) is 1. The summed E-state index contributed by atoms with van der Waals surface area (Å²) in [6.07, 6.45) is 5.22. The van der Waals surface area contributed by atoms with Crippen molar-refractivity contribution in [2.75, 3.05) is 6.54 Å². The van der Waals surface area contributed by atoms with Crippen LogP contribution in [0.5, 0.6) is 0 Å². The van der Waals surface area contributed by atoms with Crippen LogP contribution in [0.1, 0.15) is 50.6 Å². The van der Waals surface area contributed by atoms with E-state index in [0.29, 0.717) is 11.6 Å². The van der Waals surface area contributed by atoms with Crippen LogP contribution in [0.25, 0.3) is 0 Å². The van der Waals surface area contributed by atoms with Gasteiger partial charge in [-0.05, 0) is 37.5 Å². The topological polar surface area (TPSA) is 55.1 Å². The molecular formula is C16H23ClN2O. The Labute approximate surface area is 125 Å². The summed E-state index contributed by atoms with van der Waals surface area (Å²) in [5.74, 6) is 0.0992. The summed E-state index contributed by atoms with van der Waals surface area (Å²) in [7, 11) is 0. The highest BCUT2D eigenvalue weighted by Gasteiger charge is 2.38. The lowest BCUT2D eigenvalue weighted by molar-refractivity contribution is -0.133. The maximum atomic E-state index is 12.6. The van der Waals surface area contributed by atoms with Crippen LogP contribution in [0.15, 0.2) is 24.3 Å². The molecule has 1 aliphatic carbocycles. The standard InChI is InChI=1S/C16H23ClN2O/c1-12(13-5-7-14(17)8-6-13)19-15(20)16(11-18)9-3-2-4-10-16/h5-8,12H,2-4,9-11,18H2,1H3,(H,19,20)/t12-/m1/s1. The normalized spacial score (nSPS) is 19.4. The largest absolute Gasteiger partial charge is 0.349 e. The molecule has 0 saturated heterocycles. The summed E-state index contributed by atoms with van der Waals surface area (Å²) in [5.41, 5.74) is 6.59. The van der Waals surface area contributed by atoms with E-state index in [2.05, 4.69) is 5.32 Å². The molecule has 1 atom stereocenters. The maximum Gasteiger partial charge on any atom is 0.227 e. The Morgan fingerprint density at radius 1 is 1.30 bits per heavy atom. The summed E-state index contributed by atoms with van der Waals surface area (Å²) in [5, 5.41) is 3.82. The second-order valence-corrected chi connectivity index (χ2v) is 6.23. The molecule has 20 heavy (non-hydrogen) atoms. The predicted octanol–water partition coefficient (Wildman–Crippen LogP) is 3.43. The number of carbonyl (C=O) groups excluding carboxylic acids is 1. The summed E-state index contributed by atoms with van der Waals surface area (Å²) >= 11 is 5.88. The Morgan fingerprint density at radius 3 is 2.45 bits per heavy atom. The lowest BCUT2D eigenvalue weighted by Crippen LogP contribution is -2.47. The summed E-state index contributed by atoms with van der Waals surface area (Å²) in [4.78, 5) is 12.6. The monoisotopic (exact) mass is 294 g/mol. The van der Waals surface area contributed by atoms with E-state index >= 15 is 0 Å². The molecule has 0 unspecified atom stereocenters. The first-order chi connectivity index (χ1) is 9.57. The van der Waals surface area contributed by atoms with Crippen LogP contribution in [0.2, 0.25) is 5.02 Å². The molecule has 1 aromatic rings. The number of benzene rings is 1. The zero-order valence-electron chi connectivity index (χ0n) is 12.0. The van der Waals surface area contributed by atoms with Gasteiger partial charge in [-0.2, -0.15) is 0 Å². The number of rotatable bonds is 4. The Morgan fingerprint density at radius 2 is 1.90 bits per heavy atom. The SMILES string of the molecule is C[C@@H](NC(=O)C1(CN)CCCCC1)c1ccc(Cl)cc1. The number of carbonyl (C=O) groups is 1. The fourth-order valence-electron chi connectivity index (χ4n) is 2.94. The zero-order valence-corrected chi connectivity index (χ0v) is 12.7. The van der Waals surface area contributed by atoms with E-state index in [0.717, 1.165) is 31.2 Å². The molecule has 110 valence electrons. The lowest BCUT2D eigenvalue weighted by atomic mass is 9.73. The average Bonchev–Trinajstić information content (AvgIpc) is 2.48. The third-order valence-corrected chi connectivity index (χ3v) is 4.65. The summed E-state index contributed by atoms with van der Waals surface area (Å²) in [6, 6.07) is 7.56. The Hall–Kier alpha value is -1.06. The molecule has 0 radical (unpaired) electrons. The first-order valence-electron chi connectivity index (χ1n) is 7.34. The molecule has 1 amide bonds. The van der Waals surface area contributed by atoms with Gasteiger partial charge in [-0.25, -0.2) is 0 Å². The molecular weight excluding hydrogens is 272 g/mol. The van der Waals surface area contributed by atoms with Crippen LogP contribution in [-0.2, 0) is 4.79 Å². The summed E-state index contributed by atoms with van der Waals surface area (Å²) in [6.45, 7) is 2.43. The molecule has 4 heteroatoms. The number of hydrogen-bond acceptors (Lipinski definition) is 2. The van der Waals surface area contributed by atoms with E-state index in [9.17, 15) is 4.79 Å². The smallest absolute Gasteiger partial charge is 0.227 e. The van der Waals surface area contributed by atoms with E-state index in [4.69, 9.17) is 17.3 Å². The molecule has 1 saturated carbocycles. The van der Waals surface area contributed by atoms with Crippen molar-refractivity contribution in [2.24, 2.45) is 11.1 Å². The van der Waals surface area contributed by atoms with Gasteiger partial charge in [-0.1, -0.05) is 43.0 Å². The number of halogens is 1. The van der Waals surface area contributed by atoms with Gasteiger partial charge >= 0.3 is 0 Å². The number of amides is 1. The first-order valence-corrected chi connectivity index (χ1v) is 7.72. The van der Waals surface area contributed by atoms with Crippen LogP contribution in [0.3, 0.4) is 0 Å². The van der Waals surface area contributed by atoms with Crippen molar-refractivity contribution in [3.63, 3.8) is 0 Å². The van der Waals surface area contributed by atoms with Crippen LogP contribution >= 0.6 is 11.6 Å². The van der Waals surface area contributed by atoms with Gasteiger partial charge in [0, 0.05) is 11.6 Å². The molecule has 2 rings (SSSR count). The zero-order chi connectivity index (χ0) is 14.6. The van der Waals surface area contributed by atoms with Crippen LogP contribution in [-0.4, -0.2) is 12.5 Å². The maximum absolute atomic E-state index is 12.6. The molecule has 0 aliphatic heterocycles. The van der Waals surface area contributed by atoms with Gasteiger partial charge in [-0.15, -0.1) is 0 Å². The van der Waals surface area contributed by atoms with Crippen molar-refractivity contribution in [1.29, 1.82) is 0 Å². The lowest BCUT2D eigenvalue weighted by Gasteiger charge is -2.35. The third kappa shape index (κ3) is 3.33.